The third-order valence-corrected chi connectivity index (χ3v) is 4.41. The predicted molar refractivity (Wildman–Crippen MR) is 80.7 cm³/mol. The first-order valence-corrected chi connectivity index (χ1v) is 8.80. The molecule has 1 atom stereocenters. The van der Waals surface area contributed by atoms with Crippen LogP contribution in [-0.2, 0) is 9.84 Å². The molecular formula is C14H22N2O2S. The number of nitrogens with one attached hydrogen (secondary N) is 1. The average molecular weight is 282 g/mol. The minimum atomic E-state index is -2.95. The van der Waals surface area contributed by atoms with E-state index in [2.05, 4.69) is 16.3 Å². The van der Waals surface area contributed by atoms with Crippen molar-refractivity contribution in [3.63, 3.8) is 0 Å². The smallest absolute Gasteiger partial charge is 0.149 e. The summed E-state index contributed by atoms with van der Waals surface area (Å²) < 4.78 is 22.6. The molecule has 1 aromatic carbocycles. The zero-order valence-corrected chi connectivity index (χ0v) is 12.4. The van der Waals surface area contributed by atoms with E-state index < -0.39 is 9.84 Å². The van der Waals surface area contributed by atoms with Gasteiger partial charge in [0.15, 0.2) is 0 Å². The maximum Gasteiger partial charge on any atom is 0.149 e. The molecule has 2 rings (SSSR count). The highest BCUT2D eigenvalue weighted by Crippen LogP contribution is 2.29. The number of rotatable bonds is 5. The van der Waals surface area contributed by atoms with Crippen LogP contribution in [0.1, 0.15) is 19.8 Å². The zero-order chi connectivity index (χ0) is 13.9. The second-order valence-corrected chi connectivity index (χ2v) is 7.53. The molecule has 1 unspecified atom stereocenters. The van der Waals surface area contributed by atoms with Crippen LogP contribution in [0.5, 0.6) is 0 Å². The summed E-state index contributed by atoms with van der Waals surface area (Å²) in [6, 6.07) is 8.04. The molecule has 0 bridgehead atoms. The highest BCUT2D eigenvalue weighted by atomic mass is 32.2. The fourth-order valence-corrected chi connectivity index (χ4v) is 3.58. The molecular weight excluding hydrogens is 260 g/mol. The summed E-state index contributed by atoms with van der Waals surface area (Å²) >= 11 is 0. The van der Waals surface area contributed by atoms with Gasteiger partial charge in [-0.05, 0) is 31.9 Å². The van der Waals surface area contributed by atoms with Crippen LogP contribution < -0.4 is 10.2 Å². The number of nitrogens with zero attached hydrogens (tertiary/aromatic N) is 1. The molecule has 1 fully saturated rings. The largest absolute Gasteiger partial charge is 0.380 e. The van der Waals surface area contributed by atoms with E-state index in [4.69, 9.17) is 0 Å². The van der Waals surface area contributed by atoms with Gasteiger partial charge in [-0.3, -0.25) is 0 Å². The lowest BCUT2D eigenvalue weighted by atomic mass is 10.2. The summed E-state index contributed by atoms with van der Waals surface area (Å²) in [5.74, 6) is 0.154. The first kappa shape index (κ1) is 14.2. The maximum atomic E-state index is 11.3. The molecule has 0 spiro atoms. The van der Waals surface area contributed by atoms with E-state index in [9.17, 15) is 8.42 Å². The summed E-state index contributed by atoms with van der Waals surface area (Å²) in [4.78, 5) is 2.36. The quantitative estimate of drug-likeness (QED) is 0.899. The van der Waals surface area contributed by atoms with E-state index >= 15 is 0 Å². The minimum Gasteiger partial charge on any atom is -0.380 e. The van der Waals surface area contributed by atoms with E-state index in [-0.39, 0.29) is 11.8 Å². The Bertz CT molecular complexity index is 522. The van der Waals surface area contributed by atoms with Crippen molar-refractivity contribution in [2.75, 3.05) is 35.3 Å². The number of anilines is 2. The zero-order valence-electron chi connectivity index (χ0n) is 11.6. The minimum absolute atomic E-state index is 0.0845. The van der Waals surface area contributed by atoms with Gasteiger partial charge in [0.1, 0.15) is 9.84 Å². The Kier molecular flexibility index (Phi) is 4.34. The second-order valence-electron chi connectivity index (χ2n) is 5.35. The monoisotopic (exact) mass is 282 g/mol. The molecule has 4 nitrogen and oxygen atoms in total. The summed E-state index contributed by atoms with van der Waals surface area (Å²) in [5, 5.41) is 3.32. The van der Waals surface area contributed by atoms with Crippen molar-refractivity contribution in [1.82, 2.24) is 0 Å². The number of para-hydroxylation sites is 2. The Morgan fingerprint density at radius 3 is 2.53 bits per heavy atom. The van der Waals surface area contributed by atoms with Gasteiger partial charge in [-0.25, -0.2) is 8.42 Å². The van der Waals surface area contributed by atoms with Gasteiger partial charge < -0.3 is 10.2 Å². The van der Waals surface area contributed by atoms with Crippen LogP contribution in [0.2, 0.25) is 0 Å². The molecule has 1 aliphatic heterocycles. The maximum absolute atomic E-state index is 11.3. The Labute approximate surface area is 115 Å². The van der Waals surface area contributed by atoms with Gasteiger partial charge in [0.25, 0.3) is 0 Å². The molecule has 5 heteroatoms. The fourth-order valence-electron chi connectivity index (χ4n) is 2.59. The lowest BCUT2D eigenvalue weighted by molar-refractivity contribution is 0.598. The summed E-state index contributed by atoms with van der Waals surface area (Å²) in [6.45, 7) is 4.07. The van der Waals surface area contributed by atoms with Crippen molar-refractivity contribution < 1.29 is 8.42 Å². The number of hydrogen-bond donors (Lipinski definition) is 1. The third kappa shape index (κ3) is 4.13. The molecule has 0 radical (unpaired) electrons. The van der Waals surface area contributed by atoms with Crippen LogP contribution >= 0.6 is 0 Å². The van der Waals surface area contributed by atoms with E-state index in [0.717, 1.165) is 18.8 Å². The van der Waals surface area contributed by atoms with Gasteiger partial charge in [0.05, 0.1) is 17.1 Å². The Balaban J connectivity index is 2.11. The third-order valence-electron chi connectivity index (χ3n) is 3.31. The van der Waals surface area contributed by atoms with Crippen molar-refractivity contribution in [3.05, 3.63) is 24.3 Å². The van der Waals surface area contributed by atoms with Gasteiger partial charge in [-0.1, -0.05) is 12.1 Å². The van der Waals surface area contributed by atoms with Gasteiger partial charge in [0.2, 0.25) is 0 Å². The molecule has 1 heterocycles. The second kappa shape index (κ2) is 5.82. The molecule has 1 saturated heterocycles. The molecule has 1 aromatic rings. The number of hydrogen-bond acceptors (Lipinski definition) is 4. The highest BCUT2D eigenvalue weighted by molar-refractivity contribution is 7.90. The Morgan fingerprint density at radius 1 is 1.26 bits per heavy atom. The normalized spacial score (nSPS) is 17.5. The van der Waals surface area contributed by atoms with Crippen molar-refractivity contribution >= 4 is 21.2 Å². The predicted octanol–water partition coefficient (Wildman–Crippen LogP) is 2.13. The Morgan fingerprint density at radius 2 is 1.89 bits per heavy atom. The molecule has 1 aliphatic rings. The average Bonchev–Trinajstić information content (AvgIpc) is 2.80. The topological polar surface area (TPSA) is 49.4 Å². The fraction of sp³-hybridized carbons (Fsp3) is 0.571. The first-order valence-electron chi connectivity index (χ1n) is 6.74. The summed E-state index contributed by atoms with van der Waals surface area (Å²) in [7, 11) is -2.95. The van der Waals surface area contributed by atoms with Crippen LogP contribution in [0.3, 0.4) is 0 Å². The standard InChI is InChI=1S/C14H22N2O2S/c1-12(11-19(2,17)18)15-13-7-3-4-8-14(13)16-9-5-6-10-16/h3-4,7-8,12,15H,5-6,9-11H2,1-2H3. The van der Waals surface area contributed by atoms with Crippen molar-refractivity contribution in [2.24, 2.45) is 0 Å². The lowest BCUT2D eigenvalue weighted by Crippen LogP contribution is -2.27. The molecule has 0 amide bonds. The van der Waals surface area contributed by atoms with E-state index in [0.29, 0.717) is 0 Å². The highest BCUT2D eigenvalue weighted by Gasteiger charge is 2.17. The lowest BCUT2D eigenvalue weighted by Gasteiger charge is -2.24. The molecule has 0 saturated carbocycles. The van der Waals surface area contributed by atoms with Crippen LogP contribution in [0.4, 0.5) is 11.4 Å². The first-order chi connectivity index (χ1) is 8.96. The number of sulfone groups is 1. The number of benzene rings is 1. The molecule has 0 aliphatic carbocycles. The summed E-state index contributed by atoms with van der Waals surface area (Å²) in [6.07, 6.45) is 3.73. The Hall–Kier alpha value is -1.23. The van der Waals surface area contributed by atoms with Crippen LogP contribution in [-0.4, -0.2) is 39.6 Å². The van der Waals surface area contributed by atoms with Crippen molar-refractivity contribution in [3.8, 4) is 0 Å². The molecule has 1 N–H and O–H groups in total. The van der Waals surface area contributed by atoms with E-state index in [1.807, 2.05) is 25.1 Å². The molecule has 0 aromatic heterocycles. The van der Waals surface area contributed by atoms with E-state index in [1.54, 1.807) is 0 Å². The SMILES string of the molecule is CC(CS(C)(=O)=O)Nc1ccccc1N1CCCC1. The van der Waals surface area contributed by atoms with Gasteiger partial charge >= 0.3 is 0 Å². The van der Waals surface area contributed by atoms with Crippen LogP contribution in [0.15, 0.2) is 24.3 Å². The van der Waals surface area contributed by atoms with Gasteiger partial charge in [-0.15, -0.1) is 0 Å². The molecule has 106 valence electrons. The van der Waals surface area contributed by atoms with Gasteiger partial charge in [0, 0.05) is 25.4 Å². The molecule has 19 heavy (non-hydrogen) atoms. The summed E-state index contributed by atoms with van der Waals surface area (Å²) in [5.41, 5.74) is 2.21. The van der Waals surface area contributed by atoms with Crippen LogP contribution in [0.25, 0.3) is 0 Å². The van der Waals surface area contributed by atoms with Crippen molar-refractivity contribution in [2.45, 2.75) is 25.8 Å². The van der Waals surface area contributed by atoms with Crippen molar-refractivity contribution in [1.29, 1.82) is 0 Å². The van der Waals surface area contributed by atoms with E-state index in [1.165, 1.54) is 24.8 Å². The van der Waals surface area contributed by atoms with Crippen LogP contribution in [0, 0.1) is 0 Å². The van der Waals surface area contributed by atoms with Gasteiger partial charge in [-0.2, -0.15) is 0 Å².